The molecular weight excluding hydrogens is 376 g/mol. The highest BCUT2D eigenvalue weighted by Crippen LogP contribution is 2.32. The second-order valence-electron chi connectivity index (χ2n) is 6.73. The second kappa shape index (κ2) is 7.98. The van der Waals surface area contributed by atoms with Crippen LogP contribution in [0.5, 0.6) is 0 Å². The molecule has 3 rings (SSSR count). The first-order valence-corrected chi connectivity index (χ1v) is 10.5. The van der Waals surface area contributed by atoms with Crippen LogP contribution in [-0.4, -0.2) is 33.3 Å². The van der Waals surface area contributed by atoms with E-state index in [-0.39, 0.29) is 22.3 Å². The van der Waals surface area contributed by atoms with Gasteiger partial charge in [0.2, 0.25) is 9.84 Å². The average molecular weight is 398 g/mol. The van der Waals surface area contributed by atoms with Crippen molar-refractivity contribution >= 4 is 27.7 Å². The first kappa shape index (κ1) is 19.8. The third-order valence-electron chi connectivity index (χ3n) is 4.56. The minimum Gasteiger partial charge on any atom is -0.352 e. The Labute approximate surface area is 164 Å². The molecule has 0 bridgehead atoms. The molecule has 2 amide bonds. The lowest BCUT2D eigenvalue weighted by atomic mass is 10.1. The fourth-order valence-corrected chi connectivity index (χ4v) is 4.64. The summed E-state index contributed by atoms with van der Waals surface area (Å²) in [4.78, 5) is 24.4. The van der Waals surface area contributed by atoms with E-state index in [9.17, 15) is 18.0 Å². The summed E-state index contributed by atoms with van der Waals surface area (Å²) in [5, 5.41) is 5.42. The Balaban J connectivity index is 1.48. The summed E-state index contributed by atoms with van der Waals surface area (Å²) in [6.45, 7) is 4.49. The lowest BCUT2D eigenvalue weighted by Gasteiger charge is -2.09. The Hall–Kier alpha value is -2.93. The number of rotatable bonds is 6. The second-order valence-corrected chi connectivity index (χ2v) is 8.62. The van der Waals surface area contributed by atoms with Crippen molar-refractivity contribution < 1.29 is 18.0 Å². The number of carbonyl (C=O) groups is 2. The van der Waals surface area contributed by atoms with Crippen molar-refractivity contribution in [1.29, 1.82) is 0 Å². The first-order chi connectivity index (χ1) is 13.3. The number of hydrogen-bond donors (Lipinski definition) is 2. The molecule has 0 saturated carbocycles. The number of benzene rings is 2. The Morgan fingerprint density at radius 3 is 2.29 bits per heavy atom. The molecule has 1 aliphatic heterocycles. The minimum atomic E-state index is -3.77. The topological polar surface area (TPSA) is 92.3 Å². The summed E-state index contributed by atoms with van der Waals surface area (Å²) in [6, 6.07) is 12.1. The van der Waals surface area contributed by atoms with Gasteiger partial charge in [-0.25, -0.2) is 8.42 Å². The molecule has 0 unspecified atom stereocenters. The molecule has 0 radical (unpaired) electrons. The van der Waals surface area contributed by atoms with E-state index in [4.69, 9.17) is 0 Å². The quantitative estimate of drug-likeness (QED) is 0.731. The summed E-state index contributed by atoms with van der Waals surface area (Å²) >= 11 is 0. The fraction of sp³-hybridized carbons (Fsp3) is 0.238. The van der Waals surface area contributed by atoms with Crippen LogP contribution in [0.1, 0.15) is 33.5 Å². The predicted octanol–water partition coefficient (Wildman–Crippen LogP) is 2.37. The molecule has 28 heavy (non-hydrogen) atoms. The van der Waals surface area contributed by atoms with Crippen LogP contribution in [0, 0.1) is 13.8 Å². The fourth-order valence-electron chi connectivity index (χ4n) is 3.11. The van der Waals surface area contributed by atoms with Crippen molar-refractivity contribution in [2.45, 2.75) is 25.2 Å². The standard InChI is InChI=1S/C21H22N2O4S/c1-14-8-9-17(15(2)12-14)20(24)22-10-5-11-23-21(25)19-13-16-6-3-4-7-18(16)28(19,26)27/h3-4,6-9,12-13H,5,10-11H2,1-2H3,(H,22,24)(H,23,25). The van der Waals surface area contributed by atoms with Gasteiger partial charge in [-0.2, -0.15) is 0 Å². The van der Waals surface area contributed by atoms with Crippen LogP contribution in [-0.2, 0) is 14.6 Å². The summed E-state index contributed by atoms with van der Waals surface area (Å²) < 4.78 is 24.9. The van der Waals surface area contributed by atoms with Gasteiger partial charge >= 0.3 is 0 Å². The van der Waals surface area contributed by atoms with E-state index >= 15 is 0 Å². The van der Waals surface area contributed by atoms with Crippen LogP contribution >= 0.6 is 0 Å². The lowest BCUT2D eigenvalue weighted by molar-refractivity contribution is -0.116. The number of hydrogen-bond acceptors (Lipinski definition) is 4. The summed E-state index contributed by atoms with van der Waals surface area (Å²) in [6.07, 6.45) is 1.88. The van der Waals surface area contributed by atoms with Gasteiger partial charge in [-0.3, -0.25) is 9.59 Å². The number of aryl methyl sites for hydroxylation is 2. The summed E-state index contributed by atoms with van der Waals surface area (Å²) in [7, 11) is -3.77. The molecule has 2 aromatic rings. The van der Waals surface area contributed by atoms with Gasteiger partial charge in [0.1, 0.15) is 4.91 Å². The monoisotopic (exact) mass is 398 g/mol. The van der Waals surface area contributed by atoms with Crippen LogP contribution in [0.3, 0.4) is 0 Å². The van der Waals surface area contributed by atoms with E-state index < -0.39 is 15.7 Å². The van der Waals surface area contributed by atoms with Crippen molar-refractivity contribution in [2.75, 3.05) is 13.1 Å². The van der Waals surface area contributed by atoms with Crippen LogP contribution in [0.25, 0.3) is 6.08 Å². The van der Waals surface area contributed by atoms with Gasteiger partial charge in [0.15, 0.2) is 0 Å². The van der Waals surface area contributed by atoms with E-state index in [1.807, 2.05) is 26.0 Å². The van der Waals surface area contributed by atoms with E-state index in [0.29, 0.717) is 24.1 Å². The molecule has 1 heterocycles. The average Bonchev–Trinajstić information content (AvgIpc) is 2.92. The zero-order chi connectivity index (χ0) is 20.3. The largest absolute Gasteiger partial charge is 0.352 e. The maximum absolute atomic E-state index is 12.4. The molecule has 0 aliphatic carbocycles. The maximum Gasteiger partial charge on any atom is 0.263 e. The molecule has 0 atom stereocenters. The Bertz CT molecular complexity index is 1070. The molecular formula is C21H22N2O4S. The van der Waals surface area contributed by atoms with E-state index in [2.05, 4.69) is 10.6 Å². The van der Waals surface area contributed by atoms with Crippen molar-refractivity contribution in [3.8, 4) is 0 Å². The molecule has 146 valence electrons. The van der Waals surface area contributed by atoms with Crippen molar-refractivity contribution in [2.24, 2.45) is 0 Å². The third kappa shape index (κ3) is 3.99. The SMILES string of the molecule is Cc1ccc(C(=O)NCCCNC(=O)C2=Cc3ccccc3S2(=O)=O)c(C)c1. The van der Waals surface area contributed by atoms with E-state index in [0.717, 1.165) is 11.1 Å². The number of nitrogens with one attached hydrogen (secondary N) is 2. The number of amides is 2. The van der Waals surface area contributed by atoms with Gasteiger partial charge in [0.05, 0.1) is 4.90 Å². The van der Waals surface area contributed by atoms with Crippen molar-refractivity contribution in [3.63, 3.8) is 0 Å². The van der Waals surface area contributed by atoms with Gasteiger partial charge < -0.3 is 10.6 Å². The van der Waals surface area contributed by atoms with Crippen LogP contribution < -0.4 is 10.6 Å². The van der Waals surface area contributed by atoms with Gasteiger partial charge in [-0.05, 0) is 49.6 Å². The zero-order valence-electron chi connectivity index (χ0n) is 15.8. The van der Waals surface area contributed by atoms with Crippen LogP contribution in [0.15, 0.2) is 52.3 Å². The van der Waals surface area contributed by atoms with E-state index in [1.165, 1.54) is 12.1 Å². The highest BCUT2D eigenvalue weighted by atomic mass is 32.2. The minimum absolute atomic E-state index is 0.154. The first-order valence-electron chi connectivity index (χ1n) is 9.00. The molecule has 0 spiro atoms. The normalized spacial score (nSPS) is 14.1. The molecule has 2 aromatic carbocycles. The Morgan fingerprint density at radius 2 is 1.61 bits per heavy atom. The van der Waals surface area contributed by atoms with Gasteiger partial charge in [0, 0.05) is 18.7 Å². The Morgan fingerprint density at radius 1 is 0.929 bits per heavy atom. The molecule has 0 aromatic heterocycles. The van der Waals surface area contributed by atoms with E-state index in [1.54, 1.807) is 24.3 Å². The molecule has 1 aliphatic rings. The summed E-state index contributed by atoms with van der Waals surface area (Å²) in [5.41, 5.74) is 3.14. The summed E-state index contributed by atoms with van der Waals surface area (Å²) in [5.74, 6) is -0.794. The zero-order valence-corrected chi connectivity index (χ0v) is 16.6. The highest BCUT2D eigenvalue weighted by molar-refractivity contribution is 7.96. The third-order valence-corrected chi connectivity index (χ3v) is 6.39. The number of fused-ring (bicyclic) bond motifs is 1. The molecule has 0 saturated heterocycles. The van der Waals surface area contributed by atoms with Crippen LogP contribution in [0.4, 0.5) is 0 Å². The molecule has 7 heteroatoms. The lowest BCUT2D eigenvalue weighted by Crippen LogP contribution is -2.31. The number of sulfone groups is 1. The van der Waals surface area contributed by atoms with Crippen molar-refractivity contribution in [3.05, 3.63) is 69.6 Å². The molecule has 2 N–H and O–H groups in total. The van der Waals surface area contributed by atoms with Gasteiger partial charge in [-0.15, -0.1) is 0 Å². The van der Waals surface area contributed by atoms with Gasteiger partial charge in [0.25, 0.3) is 11.8 Å². The predicted molar refractivity (Wildman–Crippen MR) is 107 cm³/mol. The highest BCUT2D eigenvalue weighted by Gasteiger charge is 2.33. The molecule has 0 fully saturated rings. The molecule has 6 nitrogen and oxygen atoms in total. The number of carbonyl (C=O) groups excluding carboxylic acids is 2. The van der Waals surface area contributed by atoms with Crippen LogP contribution in [0.2, 0.25) is 0 Å². The maximum atomic E-state index is 12.4. The smallest absolute Gasteiger partial charge is 0.263 e. The van der Waals surface area contributed by atoms with Gasteiger partial charge in [-0.1, -0.05) is 35.9 Å². The Kier molecular flexibility index (Phi) is 5.65. The van der Waals surface area contributed by atoms with Crippen molar-refractivity contribution in [1.82, 2.24) is 10.6 Å².